The van der Waals surface area contributed by atoms with Gasteiger partial charge in [0.25, 0.3) is 0 Å². The zero-order valence-electron chi connectivity index (χ0n) is 29.1. The lowest BCUT2D eigenvalue weighted by molar-refractivity contribution is 0.308. The summed E-state index contributed by atoms with van der Waals surface area (Å²) in [5.41, 5.74) is 5.21. The number of hydrogen-bond acceptors (Lipinski definition) is 0. The van der Waals surface area contributed by atoms with Crippen LogP contribution in [0.5, 0.6) is 0 Å². The monoisotopic (exact) mass is 665 g/mol. The lowest BCUT2D eigenvalue weighted by Crippen LogP contribution is -2.08. The second kappa shape index (κ2) is 33.1. The second-order valence-electron chi connectivity index (χ2n) is 14.8. The SMILES string of the molecule is C.C.C.C.C.C.CC1=C(F)CC(C)CC1.CC1=CCC(C)CC1.CC1CCC(C)CC1.CC1CCC(C)CC1.Cc1ccc(C)cc1. The van der Waals surface area contributed by atoms with Crippen LogP contribution in [0.2, 0.25) is 0 Å². The molecule has 0 amide bonds. The summed E-state index contributed by atoms with van der Waals surface area (Å²) in [4.78, 5) is 0. The van der Waals surface area contributed by atoms with Gasteiger partial charge in [0.05, 0.1) is 5.83 Å². The average molecular weight is 665 g/mol. The Labute approximate surface area is 301 Å². The van der Waals surface area contributed by atoms with Crippen LogP contribution in [0.4, 0.5) is 4.39 Å². The zero-order chi connectivity index (χ0) is 30.8. The van der Waals surface area contributed by atoms with Gasteiger partial charge in [0.15, 0.2) is 0 Å². The van der Waals surface area contributed by atoms with E-state index < -0.39 is 0 Å². The van der Waals surface area contributed by atoms with Crippen LogP contribution in [-0.4, -0.2) is 0 Å². The molecule has 1 aromatic carbocycles. The van der Waals surface area contributed by atoms with E-state index in [2.05, 4.69) is 92.7 Å². The van der Waals surface area contributed by atoms with E-state index in [4.69, 9.17) is 0 Å². The van der Waals surface area contributed by atoms with E-state index in [0.717, 1.165) is 41.6 Å². The minimum atomic E-state index is 0. The fraction of sp³-hybridized carbons (Fsp3) is 0.783. The third-order valence-electron chi connectivity index (χ3n) is 9.73. The Morgan fingerprint density at radius 1 is 0.447 bits per heavy atom. The standard InChI is InChI=1S/C8H13F.2C8H16.C8H14.C8H10.6CH4/c1-6-3-4-7(2)8(9)5-6;4*1-7-3-5-8(2)6-4-7;;;;;;/h6H,3-5H2,1-2H3;2*7-8H,3-6H2,1-2H3;3,8H,4-6H2,1-2H3;3-6H,1-2H3;6*1H4. The molecule has 0 radical (unpaired) electrons. The summed E-state index contributed by atoms with van der Waals surface area (Å²) in [7, 11) is 0. The van der Waals surface area contributed by atoms with Gasteiger partial charge in [-0.3, -0.25) is 0 Å². The van der Waals surface area contributed by atoms with Crippen LogP contribution < -0.4 is 0 Å². The Hall–Kier alpha value is -1.37. The van der Waals surface area contributed by atoms with Crippen molar-refractivity contribution in [3.63, 3.8) is 0 Å². The molecule has 284 valence electrons. The molecule has 47 heavy (non-hydrogen) atoms. The Balaban J connectivity index is -0.000000108. The molecule has 4 aliphatic rings. The van der Waals surface area contributed by atoms with Gasteiger partial charge in [-0.05, 0) is 101 Å². The minimum Gasteiger partial charge on any atom is -0.212 e. The van der Waals surface area contributed by atoms with E-state index in [9.17, 15) is 4.39 Å². The second-order valence-corrected chi connectivity index (χ2v) is 14.8. The highest BCUT2D eigenvalue weighted by Gasteiger charge is 2.15. The van der Waals surface area contributed by atoms with Gasteiger partial charge in [0, 0.05) is 6.42 Å². The van der Waals surface area contributed by atoms with E-state index in [1.165, 1.54) is 88.2 Å². The molecule has 0 aliphatic heterocycles. The Morgan fingerprint density at radius 2 is 0.766 bits per heavy atom. The first-order valence-electron chi connectivity index (χ1n) is 17.4. The summed E-state index contributed by atoms with van der Waals surface area (Å²) >= 11 is 0. The van der Waals surface area contributed by atoms with Crippen LogP contribution in [0.1, 0.15) is 201 Å². The highest BCUT2D eigenvalue weighted by molar-refractivity contribution is 5.19. The van der Waals surface area contributed by atoms with Gasteiger partial charge < -0.3 is 0 Å². The number of aryl methyl sites for hydroxylation is 2. The first-order valence-corrected chi connectivity index (χ1v) is 17.4. The number of hydrogen-bond donors (Lipinski definition) is 0. The average Bonchev–Trinajstić information content (AvgIpc) is 2.94. The molecule has 1 aromatic rings. The maximum atomic E-state index is 12.7. The van der Waals surface area contributed by atoms with Crippen molar-refractivity contribution >= 4 is 0 Å². The third-order valence-corrected chi connectivity index (χ3v) is 9.73. The van der Waals surface area contributed by atoms with Crippen molar-refractivity contribution < 1.29 is 4.39 Å². The van der Waals surface area contributed by atoms with Gasteiger partial charge in [-0.15, -0.1) is 0 Å². The molecule has 0 aromatic heterocycles. The van der Waals surface area contributed by atoms with Crippen LogP contribution in [0.3, 0.4) is 0 Å². The highest BCUT2D eigenvalue weighted by atomic mass is 19.1. The predicted octanol–water partition coefficient (Wildman–Crippen LogP) is 17.6. The molecular formula is C46H93F. The quantitative estimate of drug-likeness (QED) is 0.242. The van der Waals surface area contributed by atoms with Crippen molar-refractivity contribution in [2.45, 2.75) is 204 Å². The lowest BCUT2D eigenvalue weighted by Gasteiger charge is -2.22. The van der Waals surface area contributed by atoms with Crippen LogP contribution in [0.25, 0.3) is 0 Å². The van der Waals surface area contributed by atoms with Crippen LogP contribution >= 0.6 is 0 Å². The van der Waals surface area contributed by atoms with Gasteiger partial charge in [-0.25, -0.2) is 4.39 Å². The van der Waals surface area contributed by atoms with Crippen molar-refractivity contribution in [1.29, 1.82) is 0 Å². The van der Waals surface area contributed by atoms with Gasteiger partial charge in [0.2, 0.25) is 0 Å². The predicted molar refractivity (Wildman–Crippen MR) is 223 cm³/mol. The molecule has 4 aliphatic carbocycles. The summed E-state index contributed by atoms with van der Waals surface area (Å²) in [6.07, 6.45) is 21.0. The number of rotatable bonds is 0. The molecule has 0 saturated heterocycles. The molecule has 0 bridgehead atoms. The molecule has 2 saturated carbocycles. The molecule has 0 spiro atoms. The molecule has 2 unspecified atom stereocenters. The number of halogens is 1. The van der Waals surface area contributed by atoms with Crippen molar-refractivity contribution in [2.75, 3.05) is 0 Å². The van der Waals surface area contributed by atoms with Gasteiger partial charge in [-0.2, -0.15) is 0 Å². The fourth-order valence-corrected chi connectivity index (χ4v) is 5.77. The van der Waals surface area contributed by atoms with E-state index in [-0.39, 0.29) is 50.4 Å². The van der Waals surface area contributed by atoms with Crippen molar-refractivity contribution in [3.8, 4) is 0 Å². The molecule has 0 heterocycles. The number of benzene rings is 1. The first-order chi connectivity index (χ1) is 19.3. The number of allylic oxidation sites excluding steroid dienone is 4. The smallest absolute Gasteiger partial charge is 0.0991 e. The summed E-state index contributed by atoms with van der Waals surface area (Å²) < 4.78 is 12.7. The molecule has 5 rings (SSSR count). The first kappa shape index (κ1) is 57.9. The fourth-order valence-electron chi connectivity index (χ4n) is 5.77. The molecule has 0 nitrogen and oxygen atoms in total. The Bertz CT molecular complexity index is 783. The molecule has 2 atom stereocenters. The van der Waals surface area contributed by atoms with E-state index in [1.807, 2.05) is 6.92 Å². The van der Waals surface area contributed by atoms with Crippen molar-refractivity contribution in [2.24, 2.45) is 35.5 Å². The summed E-state index contributed by atoms with van der Waals surface area (Å²) in [5.74, 6) is 5.72. The van der Waals surface area contributed by atoms with Crippen LogP contribution in [-0.2, 0) is 0 Å². The van der Waals surface area contributed by atoms with Crippen molar-refractivity contribution in [1.82, 2.24) is 0 Å². The lowest BCUT2D eigenvalue weighted by atomic mass is 9.84. The highest BCUT2D eigenvalue weighted by Crippen LogP contribution is 2.29. The summed E-state index contributed by atoms with van der Waals surface area (Å²) in [6, 6.07) is 8.48. The summed E-state index contributed by atoms with van der Waals surface area (Å²) in [6.45, 7) is 22.2. The van der Waals surface area contributed by atoms with Gasteiger partial charge in [0.1, 0.15) is 0 Å². The van der Waals surface area contributed by atoms with Crippen LogP contribution in [0, 0.1) is 49.4 Å². The maximum absolute atomic E-state index is 12.7. The van der Waals surface area contributed by atoms with E-state index >= 15 is 0 Å². The largest absolute Gasteiger partial charge is 0.212 e. The van der Waals surface area contributed by atoms with E-state index in [0.29, 0.717) is 12.3 Å². The molecule has 0 N–H and O–H groups in total. The van der Waals surface area contributed by atoms with E-state index in [1.54, 1.807) is 5.57 Å². The van der Waals surface area contributed by atoms with Crippen molar-refractivity contribution in [3.05, 3.63) is 58.4 Å². The van der Waals surface area contributed by atoms with Crippen LogP contribution in [0.15, 0.2) is 47.3 Å². The normalized spacial score (nSPS) is 25.7. The summed E-state index contributed by atoms with van der Waals surface area (Å²) in [5, 5.41) is 0. The van der Waals surface area contributed by atoms with Gasteiger partial charge in [-0.1, -0.05) is 185 Å². The molecular weight excluding hydrogens is 572 g/mol. The maximum Gasteiger partial charge on any atom is 0.0991 e. The molecule has 1 heteroatoms. The third kappa shape index (κ3) is 30.4. The zero-order valence-corrected chi connectivity index (χ0v) is 29.1. The minimum absolute atomic E-state index is 0. The Morgan fingerprint density at radius 3 is 1.00 bits per heavy atom. The Kier molecular flexibility index (Phi) is 40.8. The van der Waals surface area contributed by atoms with Gasteiger partial charge >= 0.3 is 0 Å². The molecule has 2 fully saturated rings. The topological polar surface area (TPSA) is 0 Å².